The molecule has 1 aromatic heterocycles. The summed E-state index contributed by atoms with van der Waals surface area (Å²) in [5.74, 6) is 0.752. The monoisotopic (exact) mass is 210 g/mol. The minimum Gasteiger partial charge on any atom is -0.357 e. The van der Waals surface area contributed by atoms with Crippen molar-refractivity contribution in [3.63, 3.8) is 0 Å². The lowest BCUT2D eigenvalue weighted by molar-refractivity contribution is 0.413. The molecule has 0 bridgehead atoms. The molecule has 1 aliphatic rings. The van der Waals surface area contributed by atoms with E-state index in [0.717, 1.165) is 11.0 Å². The summed E-state index contributed by atoms with van der Waals surface area (Å²) < 4.78 is 0. The van der Waals surface area contributed by atoms with Gasteiger partial charge in [-0.15, -0.1) is 11.3 Å². The maximum absolute atomic E-state index is 4.63. The molecule has 1 fully saturated rings. The summed E-state index contributed by atoms with van der Waals surface area (Å²) in [6, 6.07) is 0. The second-order valence-electron chi connectivity index (χ2n) is 5.08. The van der Waals surface area contributed by atoms with Gasteiger partial charge in [-0.3, -0.25) is 0 Å². The minimum absolute atomic E-state index is 0.120. The molecule has 1 aromatic rings. The second-order valence-corrected chi connectivity index (χ2v) is 5.94. The molecule has 0 saturated heterocycles. The Morgan fingerprint density at radius 1 is 1.43 bits per heavy atom. The minimum atomic E-state index is 0.120. The number of hydrogen-bond donors (Lipinski definition) is 1. The number of thiazole rings is 1. The Bertz CT molecular complexity index is 307. The fourth-order valence-electron chi connectivity index (χ4n) is 1.56. The highest BCUT2D eigenvalue weighted by Crippen LogP contribution is 2.37. The predicted molar refractivity (Wildman–Crippen MR) is 62.1 cm³/mol. The Morgan fingerprint density at radius 2 is 2.14 bits per heavy atom. The molecule has 0 aromatic carbocycles. The van der Waals surface area contributed by atoms with E-state index < -0.39 is 0 Å². The van der Waals surface area contributed by atoms with E-state index in [2.05, 4.69) is 36.5 Å². The summed E-state index contributed by atoms with van der Waals surface area (Å²) in [5, 5.41) is 6.69. The first-order valence-corrected chi connectivity index (χ1v) is 6.16. The Hall–Kier alpha value is -0.570. The van der Waals surface area contributed by atoms with Crippen LogP contribution in [0.2, 0.25) is 0 Å². The van der Waals surface area contributed by atoms with Crippen molar-refractivity contribution in [2.24, 2.45) is 0 Å². The summed E-state index contributed by atoms with van der Waals surface area (Å²) in [6.07, 6.45) is 4.04. The number of nitrogens with one attached hydrogen (secondary N) is 1. The van der Waals surface area contributed by atoms with E-state index in [-0.39, 0.29) is 5.54 Å². The summed E-state index contributed by atoms with van der Waals surface area (Å²) in [4.78, 5) is 4.63. The van der Waals surface area contributed by atoms with Gasteiger partial charge in [-0.05, 0) is 33.6 Å². The van der Waals surface area contributed by atoms with Crippen LogP contribution in [-0.4, -0.2) is 10.5 Å². The van der Waals surface area contributed by atoms with Crippen molar-refractivity contribution in [1.82, 2.24) is 4.98 Å². The molecular formula is C11H18N2S. The highest BCUT2D eigenvalue weighted by molar-refractivity contribution is 7.13. The van der Waals surface area contributed by atoms with E-state index in [4.69, 9.17) is 0 Å². The first-order chi connectivity index (χ1) is 6.54. The van der Waals surface area contributed by atoms with Gasteiger partial charge in [0.2, 0.25) is 0 Å². The van der Waals surface area contributed by atoms with Crippen LogP contribution in [-0.2, 0) is 0 Å². The summed E-state index contributed by atoms with van der Waals surface area (Å²) in [6.45, 7) is 6.49. The number of nitrogens with zero attached hydrogens (tertiary/aromatic N) is 1. The van der Waals surface area contributed by atoms with E-state index in [1.54, 1.807) is 11.3 Å². The molecule has 78 valence electrons. The normalized spacial score (nSPS) is 17.9. The van der Waals surface area contributed by atoms with Gasteiger partial charge in [0.15, 0.2) is 5.13 Å². The van der Waals surface area contributed by atoms with Crippen LogP contribution in [0.3, 0.4) is 0 Å². The van der Waals surface area contributed by atoms with Gasteiger partial charge in [0.1, 0.15) is 0 Å². The molecule has 0 unspecified atom stereocenters. The van der Waals surface area contributed by atoms with Crippen molar-refractivity contribution in [3.05, 3.63) is 11.1 Å². The molecular weight excluding hydrogens is 192 g/mol. The van der Waals surface area contributed by atoms with Crippen molar-refractivity contribution in [3.8, 4) is 0 Å². The average molecular weight is 210 g/mol. The Kier molecular flexibility index (Phi) is 2.52. The number of anilines is 1. The van der Waals surface area contributed by atoms with Crippen LogP contribution in [0.4, 0.5) is 5.13 Å². The predicted octanol–water partition coefficient (Wildman–Crippen LogP) is 3.62. The molecule has 1 aliphatic carbocycles. The van der Waals surface area contributed by atoms with Gasteiger partial charge in [-0.25, -0.2) is 4.98 Å². The van der Waals surface area contributed by atoms with E-state index >= 15 is 0 Å². The first-order valence-electron chi connectivity index (χ1n) is 5.28. The van der Waals surface area contributed by atoms with Crippen LogP contribution in [0, 0.1) is 0 Å². The van der Waals surface area contributed by atoms with Gasteiger partial charge in [0, 0.05) is 16.8 Å². The molecule has 0 atom stereocenters. The summed E-state index contributed by atoms with van der Waals surface area (Å²) in [7, 11) is 0. The number of aromatic nitrogens is 1. The zero-order valence-electron chi connectivity index (χ0n) is 9.13. The zero-order chi connectivity index (χ0) is 10.2. The second kappa shape index (κ2) is 3.54. The molecule has 1 saturated carbocycles. The van der Waals surface area contributed by atoms with Crippen molar-refractivity contribution in [2.75, 3.05) is 5.32 Å². The number of hydrogen-bond acceptors (Lipinski definition) is 3. The maximum Gasteiger partial charge on any atom is 0.183 e. The van der Waals surface area contributed by atoms with Crippen LogP contribution in [0.1, 0.15) is 51.6 Å². The summed E-state index contributed by atoms with van der Waals surface area (Å²) in [5.41, 5.74) is 1.42. The van der Waals surface area contributed by atoms with Crippen LogP contribution >= 0.6 is 11.3 Å². The molecule has 1 heterocycles. The van der Waals surface area contributed by atoms with Crippen LogP contribution in [0.5, 0.6) is 0 Å². The SMILES string of the molecule is CC(C)(C)Nc1nc(C2CCC2)cs1. The van der Waals surface area contributed by atoms with Crippen molar-refractivity contribution >= 4 is 16.5 Å². The lowest BCUT2D eigenvalue weighted by atomic mass is 9.83. The molecule has 1 N–H and O–H groups in total. The topological polar surface area (TPSA) is 24.9 Å². The Morgan fingerprint density at radius 3 is 2.64 bits per heavy atom. The van der Waals surface area contributed by atoms with E-state index in [0.29, 0.717) is 0 Å². The largest absolute Gasteiger partial charge is 0.357 e. The molecule has 0 radical (unpaired) electrons. The van der Waals surface area contributed by atoms with Crippen LogP contribution < -0.4 is 5.32 Å². The van der Waals surface area contributed by atoms with Crippen LogP contribution in [0.15, 0.2) is 5.38 Å². The quantitative estimate of drug-likeness (QED) is 0.806. The van der Waals surface area contributed by atoms with E-state index in [1.165, 1.54) is 25.0 Å². The molecule has 0 amide bonds. The lowest BCUT2D eigenvalue weighted by Crippen LogP contribution is -2.26. The van der Waals surface area contributed by atoms with Gasteiger partial charge < -0.3 is 5.32 Å². The zero-order valence-corrected chi connectivity index (χ0v) is 9.95. The fourth-order valence-corrected chi connectivity index (χ4v) is 2.56. The third kappa shape index (κ3) is 2.27. The fraction of sp³-hybridized carbons (Fsp3) is 0.727. The maximum atomic E-state index is 4.63. The highest BCUT2D eigenvalue weighted by atomic mass is 32.1. The standard InChI is InChI=1S/C11H18N2S/c1-11(2,3)13-10-12-9(7-14-10)8-5-4-6-8/h7-8H,4-6H2,1-3H3,(H,12,13). The molecule has 0 spiro atoms. The van der Waals surface area contributed by atoms with Crippen molar-refractivity contribution in [2.45, 2.75) is 51.5 Å². The molecule has 3 heteroatoms. The Labute approximate surface area is 89.8 Å². The Balaban J connectivity index is 2.02. The molecule has 2 nitrogen and oxygen atoms in total. The number of rotatable bonds is 2. The van der Waals surface area contributed by atoms with Crippen molar-refractivity contribution in [1.29, 1.82) is 0 Å². The smallest absolute Gasteiger partial charge is 0.183 e. The first kappa shape index (κ1) is 9.97. The lowest BCUT2D eigenvalue weighted by Gasteiger charge is -2.23. The summed E-state index contributed by atoms with van der Waals surface area (Å²) >= 11 is 1.73. The van der Waals surface area contributed by atoms with Gasteiger partial charge in [0.25, 0.3) is 0 Å². The van der Waals surface area contributed by atoms with Crippen LogP contribution in [0.25, 0.3) is 0 Å². The third-order valence-electron chi connectivity index (χ3n) is 2.53. The van der Waals surface area contributed by atoms with Gasteiger partial charge in [-0.2, -0.15) is 0 Å². The third-order valence-corrected chi connectivity index (χ3v) is 3.30. The van der Waals surface area contributed by atoms with E-state index in [1.807, 2.05) is 0 Å². The average Bonchev–Trinajstić information content (AvgIpc) is 2.28. The van der Waals surface area contributed by atoms with E-state index in [9.17, 15) is 0 Å². The molecule has 14 heavy (non-hydrogen) atoms. The van der Waals surface area contributed by atoms with Crippen molar-refractivity contribution < 1.29 is 0 Å². The van der Waals surface area contributed by atoms with Gasteiger partial charge >= 0.3 is 0 Å². The highest BCUT2D eigenvalue weighted by Gasteiger charge is 2.22. The van der Waals surface area contributed by atoms with Gasteiger partial charge in [0.05, 0.1) is 5.69 Å². The molecule has 0 aliphatic heterocycles. The van der Waals surface area contributed by atoms with Gasteiger partial charge in [-0.1, -0.05) is 6.42 Å². The molecule has 2 rings (SSSR count).